The van der Waals surface area contributed by atoms with Gasteiger partial charge >= 0.3 is 0 Å². The molecule has 0 saturated carbocycles. The third-order valence-electron chi connectivity index (χ3n) is 1.42. The molecule has 0 aliphatic heterocycles. The summed E-state index contributed by atoms with van der Waals surface area (Å²) in [5, 5.41) is 8.53. The van der Waals surface area contributed by atoms with E-state index >= 15 is 0 Å². The van der Waals surface area contributed by atoms with Gasteiger partial charge in [0.1, 0.15) is 0 Å². The van der Waals surface area contributed by atoms with Crippen LogP contribution in [-0.2, 0) is 0 Å². The summed E-state index contributed by atoms with van der Waals surface area (Å²) in [6.45, 7) is 9.16. The second kappa shape index (κ2) is 6.87. The van der Waals surface area contributed by atoms with Crippen molar-refractivity contribution < 1.29 is 0 Å². The van der Waals surface area contributed by atoms with Crippen molar-refractivity contribution in [1.29, 1.82) is 5.26 Å². The Labute approximate surface area is 79.7 Å². The highest BCUT2D eigenvalue weighted by molar-refractivity contribution is 5.49. The van der Waals surface area contributed by atoms with Crippen LogP contribution in [0.3, 0.4) is 0 Å². The first-order valence-electron chi connectivity index (χ1n) is 3.98. The highest BCUT2D eigenvalue weighted by Gasteiger charge is 1.94. The van der Waals surface area contributed by atoms with Gasteiger partial charge in [-0.15, -0.1) is 0 Å². The monoisotopic (exact) mass is 171 g/mol. The van der Waals surface area contributed by atoms with Crippen molar-refractivity contribution in [2.24, 2.45) is 0 Å². The van der Waals surface area contributed by atoms with E-state index in [0.29, 0.717) is 0 Å². The molecule has 0 aromatic carbocycles. The second-order valence-corrected chi connectivity index (χ2v) is 2.29. The fourth-order valence-corrected chi connectivity index (χ4v) is 0.886. The molecule has 0 heterocycles. The summed E-state index contributed by atoms with van der Waals surface area (Å²) in [7, 11) is 0. The van der Waals surface area contributed by atoms with Crippen molar-refractivity contribution in [2.75, 3.05) is 0 Å². The maximum Gasteiger partial charge on any atom is 0.0918 e. The van der Waals surface area contributed by atoms with Gasteiger partial charge in [0.2, 0.25) is 0 Å². The van der Waals surface area contributed by atoms with Crippen LogP contribution < -0.4 is 0 Å². The normalized spacial score (nSPS) is 12.6. The van der Waals surface area contributed by atoms with Gasteiger partial charge < -0.3 is 0 Å². The zero-order valence-corrected chi connectivity index (χ0v) is 7.83. The molecule has 13 heavy (non-hydrogen) atoms. The lowest BCUT2D eigenvalue weighted by molar-refractivity contribution is 1.49. The quantitative estimate of drug-likeness (QED) is 0.470. The van der Waals surface area contributed by atoms with E-state index in [9.17, 15) is 0 Å². The molecule has 0 aliphatic rings. The summed E-state index contributed by atoms with van der Waals surface area (Å²) in [4.78, 5) is 0. The van der Waals surface area contributed by atoms with Gasteiger partial charge in [0.25, 0.3) is 0 Å². The minimum Gasteiger partial charge on any atom is -0.193 e. The molecule has 0 aromatic rings. The van der Waals surface area contributed by atoms with Crippen LogP contribution in [0.2, 0.25) is 0 Å². The number of allylic oxidation sites excluding steroid dienone is 8. The van der Waals surface area contributed by atoms with E-state index < -0.39 is 0 Å². The molecule has 0 fully saturated rings. The van der Waals surface area contributed by atoms with Crippen molar-refractivity contribution in [3.05, 3.63) is 60.8 Å². The smallest absolute Gasteiger partial charge is 0.0918 e. The second-order valence-electron chi connectivity index (χ2n) is 2.29. The predicted molar refractivity (Wildman–Crippen MR) is 57.0 cm³/mol. The third kappa shape index (κ3) is 3.93. The summed E-state index contributed by atoms with van der Waals surface area (Å²) in [6, 6.07) is 1.99. The first-order valence-corrected chi connectivity index (χ1v) is 3.98. The maximum atomic E-state index is 8.53. The molecule has 1 heteroatoms. The predicted octanol–water partition coefficient (Wildman–Crippen LogP) is 3.31. The zero-order valence-electron chi connectivity index (χ0n) is 7.83. The fourth-order valence-electron chi connectivity index (χ4n) is 0.886. The molecule has 0 saturated heterocycles. The van der Waals surface area contributed by atoms with Gasteiger partial charge in [-0.25, -0.2) is 0 Å². The van der Waals surface area contributed by atoms with Gasteiger partial charge in [-0.05, 0) is 18.1 Å². The van der Waals surface area contributed by atoms with Crippen molar-refractivity contribution in [2.45, 2.75) is 6.92 Å². The summed E-state index contributed by atoms with van der Waals surface area (Å²) in [5.74, 6) is 0. The molecule has 0 radical (unpaired) electrons. The Balaban J connectivity index is 5.05. The van der Waals surface area contributed by atoms with E-state index in [-0.39, 0.29) is 0 Å². The number of nitriles is 1. The topological polar surface area (TPSA) is 23.8 Å². The van der Waals surface area contributed by atoms with Gasteiger partial charge in [0.15, 0.2) is 0 Å². The minimum absolute atomic E-state index is 0.847. The van der Waals surface area contributed by atoms with Gasteiger partial charge in [0.05, 0.1) is 6.07 Å². The first kappa shape index (κ1) is 11.2. The Morgan fingerprint density at radius 1 is 1.31 bits per heavy atom. The first-order chi connectivity index (χ1) is 6.29. The van der Waals surface area contributed by atoms with E-state index in [0.717, 1.165) is 11.1 Å². The molecule has 66 valence electrons. The van der Waals surface area contributed by atoms with Gasteiger partial charge in [-0.2, -0.15) is 5.26 Å². The Hall–Kier alpha value is -1.81. The number of nitrogens with zero attached hydrogens (tertiary/aromatic N) is 1. The van der Waals surface area contributed by atoms with Crippen LogP contribution in [0.25, 0.3) is 0 Å². The van der Waals surface area contributed by atoms with Crippen molar-refractivity contribution >= 4 is 0 Å². The standard InChI is InChI=1S/C12H13N/c1-4-7-11(6-3)12(8-5-2)9-10-13/h4-9H,1,3H2,2H3/b8-5+,11-7+,12-9-. The van der Waals surface area contributed by atoms with Crippen LogP contribution in [-0.4, -0.2) is 0 Å². The van der Waals surface area contributed by atoms with E-state index in [2.05, 4.69) is 13.2 Å². The Morgan fingerprint density at radius 3 is 2.38 bits per heavy atom. The number of rotatable bonds is 4. The maximum absolute atomic E-state index is 8.53. The molecule has 1 nitrogen and oxygen atoms in total. The van der Waals surface area contributed by atoms with Crippen molar-refractivity contribution in [3.63, 3.8) is 0 Å². The van der Waals surface area contributed by atoms with Crippen molar-refractivity contribution in [1.82, 2.24) is 0 Å². The molecule has 0 bridgehead atoms. The highest BCUT2D eigenvalue weighted by atomic mass is 14.2. The van der Waals surface area contributed by atoms with E-state index in [1.807, 2.05) is 31.2 Å². The molecule has 0 N–H and O–H groups in total. The zero-order chi connectivity index (χ0) is 10.1. The van der Waals surface area contributed by atoms with Crippen LogP contribution in [0.4, 0.5) is 0 Å². The molecule has 0 amide bonds. The van der Waals surface area contributed by atoms with E-state index in [1.54, 1.807) is 12.2 Å². The van der Waals surface area contributed by atoms with Gasteiger partial charge in [0, 0.05) is 6.08 Å². The average Bonchev–Trinajstić information content (AvgIpc) is 2.14. The molecule has 0 atom stereocenters. The molecule has 0 unspecified atom stereocenters. The lowest BCUT2D eigenvalue weighted by Gasteiger charge is -1.99. The van der Waals surface area contributed by atoms with Crippen molar-refractivity contribution in [3.8, 4) is 6.07 Å². The third-order valence-corrected chi connectivity index (χ3v) is 1.42. The lowest BCUT2D eigenvalue weighted by atomic mass is 10.1. The minimum atomic E-state index is 0.847. The van der Waals surface area contributed by atoms with Gasteiger partial charge in [-0.1, -0.05) is 43.5 Å². The largest absolute Gasteiger partial charge is 0.193 e. The highest BCUT2D eigenvalue weighted by Crippen LogP contribution is 2.12. The van der Waals surface area contributed by atoms with Crippen LogP contribution in [0.1, 0.15) is 6.92 Å². The van der Waals surface area contributed by atoms with Crippen LogP contribution in [0, 0.1) is 11.3 Å². The summed E-state index contributed by atoms with van der Waals surface area (Å²) >= 11 is 0. The summed E-state index contributed by atoms with van der Waals surface area (Å²) in [5.41, 5.74) is 1.74. The van der Waals surface area contributed by atoms with Crippen LogP contribution in [0.15, 0.2) is 60.8 Å². The lowest BCUT2D eigenvalue weighted by Crippen LogP contribution is -1.81. The number of hydrogen-bond donors (Lipinski definition) is 0. The van der Waals surface area contributed by atoms with Crippen LogP contribution >= 0.6 is 0 Å². The van der Waals surface area contributed by atoms with E-state index in [4.69, 9.17) is 5.26 Å². The van der Waals surface area contributed by atoms with Gasteiger partial charge in [-0.3, -0.25) is 0 Å². The average molecular weight is 171 g/mol. The Bertz CT molecular complexity index is 309. The number of hydrogen-bond acceptors (Lipinski definition) is 1. The summed E-state index contributed by atoms with van der Waals surface area (Å²) in [6.07, 6.45) is 10.4. The Kier molecular flexibility index (Phi) is 5.92. The molecule has 0 rings (SSSR count). The molecular weight excluding hydrogens is 158 g/mol. The molecule has 0 aliphatic carbocycles. The fraction of sp³-hybridized carbons (Fsp3) is 0.0833. The van der Waals surface area contributed by atoms with E-state index in [1.165, 1.54) is 6.08 Å². The molecule has 0 spiro atoms. The summed E-state index contributed by atoms with van der Waals surface area (Å²) < 4.78 is 0. The Morgan fingerprint density at radius 2 is 2.00 bits per heavy atom. The SMILES string of the molecule is C=C/C=C(C=C)/C(=C\C#N)/C=C/C. The molecule has 0 aromatic heterocycles. The molecular formula is C12H13N. The van der Waals surface area contributed by atoms with Crippen LogP contribution in [0.5, 0.6) is 0 Å².